The van der Waals surface area contributed by atoms with E-state index in [1.54, 1.807) is 39.9 Å². The van der Waals surface area contributed by atoms with Gasteiger partial charge in [0, 0.05) is 44.3 Å². The number of anilines is 1. The van der Waals surface area contributed by atoms with Gasteiger partial charge in [-0.2, -0.15) is 10.4 Å². The van der Waals surface area contributed by atoms with Crippen LogP contribution in [-0.4, -0.2) is 49.4 Å². The third-order valence-electron chi connectivity index (χ3n) is 7.17. The van der Waals surface area contributed by atoms with E-state index in [1.807, 2.05) is 5.51 Å². The van der Waals surface area contributed by atoms with E-state index in [-0.39, 0.29) is 24.2 Å². The van der Waals surface area contributed by atoms with Crippen LogP contribution in [0.5, 0.6) is 0 Å². The second-order valence-corrected chi connectivity index (χ2v) is 10.0. The molecule has 4 heterocycles. The lowest BCUT2D eigenvalue weighted by molar-refractivity contribution is 0.106. The molecule has 0 N–H and O–H groups in total. The van der Waals surface area contributed by atoms with E-state index in [0.717, 1.165) is 41.7 Å². The number of nitrogens with zero attached hydrogens (tertiary/aromatic N) is 7. The predicted octanol–water partition coefficient (Wildman–Crippen LogP) is 3.92. The zero-order valence-electron chi connectivity index (χ0n) is 20.0. The molecule has 9 heteroatoms. The summed E-state index contributed by atoms with van der Waals surface area (Å²) in [5.41, 5.74) is 6.59. The van der Waals surface area contributed by atoms with Gasteiger partial charge in [-0.1, -0.05) is 13.0 Å². The minimum absolute atomic E-state index is 0.0621. The van der Waals surface area contributed by atoms with Gasteiger partial charge in [-0.15, -0.1) is 11.3 Å². The number of thiazole rings is 1. The lowest BCUT2D eigenvalue weighted by Crippen LogP contribution is -2.58. The molecule has 1 fully saturated rings. The molecule has 0 aliphatic carbocycles. The molecule has 34 heavy (non-hydrogen) atoms. The van der Waals surface area contributed by atoms with E-state index in [4.69, 9.17) is 5.26 Å². The fourth-order valence-electron chi connectivity index (χ4n) is 5.17. The summed E-state index contributed by atoms with van der Waals surface area (Å²) in [6.07, 6.45) is 2.80. The van der Waals surface area contributed by atoms with Crippen LogP contribution in [0.15, 0.2) is 40.8 Å². The largest absolute Gasteiger partial charge is 0.364 e. The highest BCUT2D eigenvalue weighted by atomic mass is 32.1. The number of benzene rings is 1. The fraction of sp³-hybridized carbons (Fsp3) is 0.440. The number of aryl methyl sites for hydroxylation is 1. The van der Waals surface area contributed by atoms with Gasteiger partial charge in [0.15, 0.2) is 0 Å². The van der Waals surface area contributed by atoms with Gasteiger partial charge >= 0.3 is 0 Å². The van der Waals surface area contributed by atoms with Crippen molar-refractivity contribution in [1.82, 2.24) is 24.2 Å². The van der Waals surface area contributed by atoms with Crippen LogP contribution in [0.4, 0.5) is 5.69 Å². The summed E-state index contributed by atoms with van der Waals surface area (Å²) in [6, 6.07) is 11.2. The summed E-state index contributed by atoms with van der Waals surface area (Å²) < 4.78 is 4.44. The number of fused-ring (bicyclic) bond motifs is 2. The van der Waals surface area contributed by atoms with Gasteiger partial charge in [0.25, 0.3) is 5.56 Å². The number of hydrogen-bond donors (Lipinski definition) is 0. The van der Waals surface area contributed by atoms with Crippen LogP contribution in [0, 0.1) is 11.3 Å². The SMILES string of the molecule is CC[C@@H]1CN(c2cc(=O)n(C)c3cn(CC#N)nc23)[C@@H](C)CN1[C@H](C)c1ccc2ncsc2c1. The van der Waals surface area contributed by atoms with Crippen molar-refractivity contribution in [3.8, 4) is 6.07 Å². The van der Waals surface area contributed by atoms with Crippen molar-refractivity contribution in [3.05, 3.63) is 51.9 Å². The average molecular weight is 476 g/mol. The van der Waals surface area contributed by atoms with Crippen molar-refractivity contribution in [2.45, 2.75) is 51.9 Å². The maximum atomic E-state index is 12.8. The summed E-state index contributed by atoms with van der Waals surface area (Å²) in [4.78, 5) is 22.1. The van der Waals surface area contributed by atoms with Crippen molar-refractivity contribution in [2.24, 2.45) is 7.05 Å². The number of rotatable bonds is 5. The zero-order valence-corrected chi connectivity index (χ0v) is 20.8. The molecule has 0 saturated carbocycles. The molecule has 176 valence electrons. The molecule has 0 spiro atoms. The molecule has 1 aromatic carbocycles. The number of hydrogen-bond acceptors (Lipinski definition) is 7. The molecule has 0 unspecified atom stereocenters. The Bertz CT molecular complexity index is 1450. The van der Waals surface area contributed by atoms with Crippen LogP contribution >= 0.6 is 11.3 Å². The lowest BCUT2D eigenvalue weighted by Gasteiger charge is -2.48. The molecule has 4 aromatic rings. The minimum Gasteiger partial charge on any atom is -0.364 e. The summed E-state index contributed by atoms with van der Waals surface area (Å²) in [6.45, 7) is 8.59. The molecule has 1 saturated heterocycles. The second-order valence-electron chi connectivity index (χ2n) is 9.16. The molecule has 0 bridgehead atoms. The molecule has 5 rings (SSSR count). The Morgan fingerprint density at radius 1 is 1.29 bits per heavy atom. The first-order chi connectivity index (χ1) is 16.4. The van der Waals surface area contributed by atoms with Gasteiger partial charge in [0.2, 0.25) is 0 Å². The molecule has 1 aliphatic rings. The molecular formula is C25H29N7OS. The topological polar surface area (TPSA) is 83.0 Å². The van der Waals surface area contributed by atoms with Gasteiger partial charge in [-0.05, 0) is 38.0 Å². The third-order valence-corrected chi connectivity index (χ3v) is 7.96. The molecular weight excluding hydrogens is 446 g/mol. The van der Waals surface area contributed by atoms with Gasteiger partial charge in [0.1, 0.15) is 12.1 Å². The Hall–Kier alpha value is -3.22. The van der Waals surface area contributed by atoms with E-state index >= 15 is 0 Å². The smallest absolute Gasteiger partial charge is 0.252 e. The Balaban J connectivity index is 1.48. The molecule has 0 amide bonds. The van der Waals surface area contributed by atoms with E-state index < -0.39 is 0 Å². The zero-order chi connectivity index (χ0) is 24.0. The first kappa shape index (κ1) is 22.6. The standard InChI is InChI=1S/C25H29N7OS/c1-5-19-13-31(21-11-24(33)29(4)22-14-30(9-8-26)28-25(21)22)16(2)12-32(19)17(3)18-6-7-20-23(10-18)34-15-27-20/h6-7,10-11,14-17,19H,5,9,12-13H2,1-4H3/t16-,17+,19+/m0/s1. The molecule has 3 atom stereocenters. The first-order valence-corrected chi connectivity index (χ1v) is 12.6. The van der Waals surface area contributed by atoms with Crippen molar-refractivity contribution in [3.63, 3.8) is 0 Å². The molecule has 8 nitrogen and oxygen atoms in total. The molecule has 1 aliphatic heterocycles. The van der Waals surface area contributed by atoms with Crippen LogP contribution in [0.2, 0.25) is 0 Å². The number of aromatic nitrogens is 4. The number of nitriles is 1. The fourth-order valence-corrected chi connectivity index (χ4v) is 5.90. The highest BCUT2D eigenvalue weighted by Crippen LogP contribution is 2.34. The van der Waals surface area contributed by atoms with Gasteiger partial charge < -0.3 is 9.47 Å². The van der Waals surface area contributed by atoms with Crippen molar-refractivity contribution in [1.29, 1.82) is 5.26 Å². The predicted molar refractivity (Wildman–Crippen MR) is 136 cm³/mol. The molecule has 3 aromatic heterocycles. The summed E-state index contributed by atoms with van der Waals surface area (Å²) in [5, 5.41) is 13.8. The third kappa shape index (κ3) is 3.77. The Kier molecular flexibility index (Phi) is 5.88. The van der Waals surface area contributed by atoms with E-state index in [2.05, 4.69) is 64.9 Å². The first-order valence-electron chi connectivity index (χ1n) is 11.7. The number of pyridine rings is 1. The van der Waals surface area contributed by atoms with Crippen molar-refractivity contribution in [2.75, 3.05) is 18.0 Å². The summed E-state index contributed by atoms with van der Waals surface area (Å²) >= 11 is 1.68. The maximum Gasteiger partial charge on any atom is 0.252 e. The van der Waals surface area contributed by atoms with E-state index in [0.29, 0.717) is 6.04 Å². The number of piperazine rings is 1. The minimum atomic E-state index is -0.0621. The van der Waals surface area contributed by atoms with Crippen LogP contribution in [0.3, 0.4) is 0 Å². The Morgan fingerprint density at radius 2 is 2.12 bits per heavy atom. The van der Waals surface area contributed by atoms with Crippen LogP contribution < -0.4 is 10.5 Å². The normalized spacial score (nSPS) is 20.1. The molecule has 0 radical (unpaired) electrons. The second kappa shape index (κ2) is 8.85. The van der Waals surface area contributed by atoms with Crippen molar-refractivity contribution < 1.29 is 0 Å². The van der Waals surface area contributed by atoms with Gasteiger partial charge in [-0.3, -0.25) is 14.4 Å². The summed E-state index contributed by atoms with van der Waals surface area (Å²) in [5.74, 6) is 0. The van der Waals surface area contributed by atoms with Crippen LogP contribution in [0.1, 0.15) is 38.8 Å². The van der Waals surface area contributed by atoms with Crippen molar-refractivity contribution >= 4 is 38.3 Å². The monoisotopic (exact) mass is 475 g/mol. The van der Waals surface area contributed by atoms with Gasteiger partial charge in [-0.25, -0.2) is 4.98 Å². The van der Waals surface area contributed by atoms with Crippen LogP contribution in [-0.2, 0) is 13.6 Å². The maximum absolute atomic E-state index is 12.8. The van der Waals surface area contributed by atoms with Gasteiger partial charge in [0.05, 0.1) is 39.2 Å². The Morgan fingerprint density at radius 3 is 2.88 bits per heavy atom. The average Bonchev–Trinajstić information content (AvgIpc) is 3.48. The lowest BCUT2D eigenvalue weighted by atomic mass is 9.98. The summed E-state index contributed by atoms with van der Waals surface area (Å²) in [7, 11) is 1.75. The highest BCUT2D eigenvalue weighted by Gasteiger charge is 2.35. The highest BCUT2D eigenvalue weighted by molar-refractivity contribution is 7.16. The van der Waals surface area contributed by atoms with E-state index in [9.17, 15) is 4.79 Å². The Labute approximate surface area is 202 Å². The van der Waals surface area contributed by atoms with E-state index in [1.165, 1.54) is 10.3 Å². The quantitative estimate of drug-likeness (QED) is 0.435. The van der Waals surface area contributed by atoms with Crippen LogP contribution in [0.25, 0.3) is 21.3 Å².